The summed E-state index contributed by atoms with van der Waals surface area (Å²) in [6.45, 7) is 11.8. The van der Waals surface area contributed by atoms with Crippen LogP contribution in [0.15, 0.2) is 42.6 Å². The molecule has 3 aromatic rings. The molecule has 36 heavy (non-hydrogen) atoms. The lowest BCUT2D eigenvalue weighted by atomic mass is 9.97. The predicted octanol–water partition coefficient (Wildman–Crippen LogP) is 5.47. The first-order valence-corrected chi connectivity index (χ1v) is 12.3. The Morgan fingerprint density at radius 1 is 1.08 bits per heavy atom. The van der Waals surface area contributed by atoms with E-state index >= 15 is 0 Å². The first-order valence-electron chi connectivity index (χ1n) is 12.3. The van der Waals surface area contributed by atoms with Gasteiger partial charge in [-0.15, -0.1) is 0 Å². The van der Waals surface area contributed by atoms with E-state index in [9.17, 15) is 14.7 Å². The van der Waals surface area contributed by atoms with E-state index in [4.69, 9.17) is 0 Å². The average molecular weight is 490 g/mol. The summed E-state index contributed by atoms with van der Waals surface area (Å²) < 4.78 is 0. The molecule has 1 aliphatic rings. The van der Waals surface area contributed by atoms with Gasteiger partial charge < -0.3 is 20.6 Å². The van der Waals surface area contributed by atoms with E-state index in [1.54, 1.807) is 6.20 Å². The predicted molar refractivity (Wildman–Crippen MR) is 142 cm³/mol. The molecule has 190 valence electrons. The van der Waals surface area contributed by atoms with Crippen molar-refractivity contribution in [3.05, 3.63) is 53.7 Å². The Balaban J connectivity index is 1.56. The Hall–Kier alpha value is -3.68. The first kappa shape index (κ1) is 25.4. The van der Waals surface area contributed by atoms with E-state index in [2.05, 4.69) is 20.6 Å². The number of carbonyl (C=O) groups is 2. The van der Waals surface area contributed by atoms with Crippen molar-refractivity contribution < 1.29 is 14.7 Å². The highest BCUT2D eigenvalue weighted by atomic mass is 16.4. The fourth-order valence-electron chi connectivity index (χ4n) is 4.16. The number of aryl methyl sites for hydroxylation is 1. The molecule has 1 saturated carbocycles. The van der Waals surface area contributed by atoms with Gasteiger partial charge in [-0.2, -0.15) is 0 Å². The monoisotopic (exact) mass is 489 g/mol. The van der Waals surface area contributed by atoms with Crippen molar-refractivity contribution in [1.29, 1.82) is 0 Å². The number of nitrogens with zero attached hydrogens (tertiary/aromatic N) is 3. The maximum Gasteiger partial charge on any atom is 0.407 e. The summed E-state index contributed by atoms with van der Waals surface area (Å²) in [6, 6.07) is 12.1. The van der Waals surface area contributed by atoms with Gasteiger partial charge in [0.15, 0.2) is 0 Å². The second-order valence-electron chi connectivity index (χ2n) is 11.3. The van der Waals surface area contributed by atoms with Gasteiger partial charge in [0.05, 0.1) is 11.1 Å². The van der Waals surface area contributed by atoms with Crippen molar-refractivity contribution in [3.8, 4) is 11.1 Å². The van der Waals surface area contributed by atoms with Crippen molar-refractivity contribution in [3.63, 3.8) is 0 Å². The highest BCUT2D eigenvalue weighted by Crippen LogP contribution is 2.29. The van der Waals surface area contributed by atoms with Gasteiger partial charge in [-0.3, -0.25) is 4.79 Å². The molecule has 0 atom stereocenters. The maximum absolute atomic E-state index is 12.5. The molecule has 4 rings (SSSR count). The Labute approximate surface area is 212 Å². The van der Waals surface area contributed by atoms with Crippen LogP contribution in [0, 0.1) is 6.92 Å². The van der Waals surface area contributed by atoms with Crippen LogP contribution < -0.4 is 10.6 Å². The van der Waals surface area contributed by atoms with Crippen LogP contribution in [0.5, 0.6) is 0 Å². The average Bonchev–Trinajstić information content (AvgIpc) is 3.60. The fourth-order valence-corrected chi connectivity index (χ4v) is 4.16. The second-order valence-corrected chi connectivity index (χ2v) is 11.3. The van der Waals surface area contributed by atoms with Crippen molar-refractivity contribution in [2.45, 2.75) is 71.5 Å². The van der Waals surface area contributed by atoms with Gasteiger partial charge in [0.2, 0.25) is 5.95 Å². The van der Waals surface area contributed by atoms with Gasteiger partial charge in [0, 0.05) is 35.3 Å². The van der Waals surface area contributed by atoms with Gasteiger partial charge in [-0.05, 0) is 95.3 Å². The molecule has 0 unspecified atom stereocenters. The van der Waals surface area contributed by atoms with Gasteiger partial charge in [0.1, 0.15) is 0 Å². The highest BCUT2D eigenvalue weighted by Gasteiger charge is 2.32. The number of fused-ring (bicyclic) bond motifs is 1. The van der Waals surface area contributed by atoms with Crippen molar-refractivity contribution in [2.24, 2.45) is 0 Å². The third kappa shape index (κ3) is 5.93. The summed E-state index contributed by atoms with van der Waals surface area (Å²) in [6.07, 6.45) is 2.91. The first-order chi connectivity index (χ1) is 16.8. The molecular formula is C28H35N5O3. The van der Waals surface area contributed by atoms with Crippen molar-refractivity contribution in [1.82, 2.24) is 20.2 Å². The lowest BCUT2D eigenvalue weighted by Crippen LogP contribution is -2.53. The van der Waals surface area contributed by atoms with Crippen molar-refractivity contribution >= 4 is 28.9 Å². The van der Waals surface area contributed by atoms with Crippen molar-refractivity contribution in [2.75, 3.05) is 11.9 Å². The molecule has 0 saturated heterocycles. The third-order valence-corrected chi connectivity index (χ3v) is 6.35. The summed E-state index contributed by atoms with van der Waals surface area (Å²) in [7, 11) is 0. The Bertz CT molecular complexity index is 1310. The van der Waals surface area contributed by atoms with E-state index < -0.39 is 17.2 Å². The molecule has 2 amide bonds. The van der Waals surface area contributed by atoms with Crippen LogP contribution in [0.4, 0.5) is 10.7 Å². The number of anilines is 1. The standard InChI is InChI=1S/C28H35N5O3/c1-17-7-8-19(24(34)30-21-10-11-21)14-22(17)18-9-12-23-20(13-18)15-29-25(31-23)32-28(5,6)16-33(26(35)36)27(2,3)4/h7-9,12-15,21H,10-11,16H2,1-6H3,(H,30,34)(H,35,36)(H,29,31,32). The Morgan fingerprint density at radius 2 is 1.81 bits per heavy atom. The molecule has 1 fully saturated rings. The second kappa shape index (κ2) is 9.41. The van der Waals surface area contributed by atoms with Crippen LogP contribution in [-0.2, 0) is 0 Å². The minimum Gasteiger partial charge on any atom is -0.465 e. The quantitative estimate of drug-likeness (QED) is 0.406. The SMILES string of the molecule is Cc1ccc(C(=O)NC2CC2)cc1-c1ccc2nc(NC(C)(C)CN(C(=O)O)C(C)(C)C)ncc2c1. The van der Waals surface area contributed by atoms with E-state index in [0.29, 0.717) is 17.6 Å². The summed E-state index contributed by atoms with van der Waals surface area (Å²) in [5, 5.41) is 16.9. The molecule has 0 aliphatic heterocycles. The molecule has 0 bridgehead atoms. The molecule has 1 aromatic heterocycles. The number of aromatic nitrogens is 2. The van der Waals surface area contributed by atoms with E-state index in [1.807, 2.05) is 77.9 Å². The molecule has 0 spiro atoms. The fraction of sp³-hybridized carbons (Fsp3) is 0.429. The summed E-state index contributed by atoms with van der Waals surface area (Å²) in [5.74, 6) is 0.406. The number of carboxylic acid groups (broad SMARTS) is 1. The zero-order chi connectivity index (χ0) is 26.3. The molecule has 1 aliphatic carbocycles. The molecule has 3 N–H and O–H groups in total. The topological polar surface area (TPSA) is 107 Å². The lowest BCUT2D eigenvalue weighted by Gasteiger charge is -2.39. The largest absolute Gasteiger partial charge is 0.465 e. The molecular weight excluding hydrogens is 454 g/mol. The number of amides is 2. The van der Waals surface area contributed by atoms with Gasteiger partial charge in [-0.25, -0.2) is 14.8 Å². The van der Waals surface area contributed by atoms with Crippen LogP contribution in [-0.4, -0.2) is 55.6 Å². The number of nitrogens with one attached hydrogen (secondary N) is 2. The molecule has 8 nitrogen and oxygen atoms in total. The van der Waals surface area contributed by atoms with E-state index in [0.717, 1.165) is 40.4 Å². The number of hydrogen-bond acceptors (Lipinski definition) is 5. The number of hydrogen-bond donors (Lipinski definition) is 3. The summed E-state index contributed by atoms with van der Waals surface area (Å²) >= 11 is 0. The summed E-state index contributed by atoms with van der Waals surface area (Å²) in [4.78, 5) is 34.9. The molecule has 2 aromatic carbocycles. The maximum atomic E-state index is 12.5. The van der Waals surface area contributed by atoms with Crippen LogP contribution in [0.2, 0.25) is 0 Å². The van der Waals surface area contributed by atoms with Gasteiger partial charge in [-0.1, -0.05) is 12.1 Å². The third-order valence-electron chi connectivity index (χ3n) is 6.35. The molecule has 0 radical (unpaired) electrons. The zero-order valence-electron chi connectivity index (χ0n) is 21.8. The van der Waals surface area contributed by atoms with E-state index in [1.165, 1.54) is 4.90 Å². The molecule has 8 heteroatoms. The van der Waals surface area contributed by atoms with Crippen LogP contribution in [0.3, 0.4) is 0 Å². The van der Waals surface area contributed by atoms with Crippen LogP contribution in [0.25, 0.3) is 22.0 Å². The van der Waals surface area contributed by atoms with Crippen LogP contribution in [0.1, 0.15) is 63.4 Å². The molecule has 1 heterocycles. The smallest absolute Gasteiger partial charge is 0.407 e. The van der Waals surface area contributed by atoms with Gasteiger partial charge >= 0.3 is 6.09 Å². The minimum atomic E-state index is -0.964. The number of carbonyl (C=O) groups excluding carboxylic acids is 1. The van der Waals surface area contributed by atoms with Crippen LogP contribution >= 0.6 is 0 Å². The zero-order valence-corrected chi connectivity index (χ0v) is 21.8. The number of rotatable bonds is 7. The Kier molecular flexibility index (Phi) is 6.64. The van der Waals surface area contributed by atoms with Gasteiger partial charge in [0.25, 0.3) is 5.91 Å². The normalized spacial score (nSPS) is 13.9. The van der Waals surface area contributed by atoms with E-state index in [-0.39, 0.29) is 12.5 Å². The number of benzene rings is 2. The Morgan fingerprint density at radius 3 is 2.44 bits per heavy atom. The highest BCUT2D eigenvalue weighted by molar-refractivity contribution is 5.96. The lowest BCUT2D eigenvalue weighted by molar-refractivity contribution is 0.0898. The summed E-state index contributed by atoms with van der Waals surface area (Å²) in [5.41, 5.74) is 3.40. The minimum absolute atomic E-state index is 0.0332.